The molecule has 1 fully saturated rings. The minimum Gasteiger partial charge on any atom is -0.465 e. The summed E-state index contributed by atoms with van der Waals surface area (Å²) in [5.41, 5.74) is 0.421. The van der Waals surface area contributed by atoms with Gasteiger partial charge in [0.1, 0.15) is 0 Å². The van der Waals surface area contributed by atoms with Gasteiger partial charge in [-0.25, -0.2) is 13.2 Å². The number of carbonyl (C=O) groups is 1. The van der Waals surface area contributed by atoms with E-state index in [0.717, 1.165) is 24.2 Å². The van der Waals surface area contributed by atoms with Crippen LogP contribution in [-0.4, -0.2) is 43.6 Å². The Labute approximate surface area is 130 Å². The van der Waals surface area contributed by atoms with Crippen molar-refractivity contribution in [2.24, 2.45) is 0 Å². The van der Waals surface area contributed by atoms with Crippen molar-refractivity contribution in [2.45, 2.75) is 24.2 Å². The molecule has 1 N–H and O–H groups in total. The second-order valence-corrected chi connectivity index (χ2v) is 7.08. The standard InChI is InChI=1S/C15H20N2O4S/c1-2-10-17(15(18)19)13-6-8-14(9-7-13)22(20,21)16-11-4-3-5-12-16/h2,6-9H,1,3-5,10-12H2,(H,18,19). The fourth-order valence-corrected chi connectivity index (χ4v) is 3.99. The van der Waals surface area contributed by atoms with E-state index in [2.05, 4.69) is 6.58 Å². The third kappa shape index (κ3) is 3.48. The number of sulfonamides is 1. The maximum atomic E-state index is 12.5. The molecule has 1 aliphatic rings. The molecule has 0 aromatic heterocycles. The molecule has 120 valence electrons. The number of rotatable bonds is 5. The van der Waals surface area contributed by atoms with Crippen LogP contribution in [0.3, 0.4) is 0 Å². The molecule has 1 aliphatic heterocycles. The highest BCUT2D eigenvalue weighted by atomic mass is 32.2. The summed E-state index contributed by atoms with van der Waals surface area (Å²) in [5.74, 6) is 0. The number of piperidine rings is 1. The zero-order valence-corrected chi connectivity index (χ0v) is 13.1. The average Bonchev–Trinajstić information content (AvgIpc) is 2.53. The Hall–Kier alpha value is -1.86. The van der Waals surface area contributed by atoms with Gasteiger partial charge in [-0.05, 0) is 37.1 Å². The van der Waals surface area contributed by atoms with E-state index in [1.165, 1.54) is 34.6 Å². The molecule has 0 bridgehead atoms. The zero-order valence-electron chi connectivity index (χ0n) is 12.3. The van der Waals surface area contributed by atoms with Gasteiger partial charge in [0.15, 0.2) is 0 Å². The summed E-state index contributed by atoms with van der Waals surface area (Å²) in [6, 6.07) is 5.93. The lowest BCUT2D eigenvalue weighted by Crippen LogP contribution is -2.35. The third-order valence-electron chi connectivity index (χ3n) is 3.64. The molecule has 22 heavy (non-hydrogen) atoms. The van der Waals surface area contributed by atoms with E-state index in [1.807, 2.05) is 0 Å². The van der Waals surface area contributed by atoms with Crippen LogP contribution in [-0.2, 0) is 10.0 Å². The van der Waals surface area contributed by atoms with Crippen LogP contribution < -0.4 is 4.90 Å². The molecule has 1 heterocycles. The summed E-state index contributed by atoms with van der Waals surface area (Å²) in [5, 5.41) is 9.14. The summed E-state index contributed by atoms with van der Waals surface area (Å²) in [6.45, 7) is 4.75. The Morgan fingerprint density at radius 3 is 2.32 bits per heavy atom. The largest absolute Gasteiger partial charge is 0.465 e. The Morgan fingerprint density at radius 1 is 1.23 bits per heavy atom. The minimum atomic E-state index is -3.49. The van der Waals surface area contributed by atoms with E-state index >= 15 is 0 Å². The maximum Gasteiger partial charge on any atom is 0.412 e. The summed E-state index contributed by atoms with van der Waals surface area (Å²) in [6.07, 6.45) is 3.19. The first-order chi connectivity index (χ1) is 10.5. The van der Waals surface area contributed by atoms with Crippen molar-refractivity contribution >= 4 is 21.8 Å². The number of amides is 1. The lowest BCUT2D eigenvalue weighted by Gasteiger charge is -2.26. The summed E-state index contributed by atoms with van der Waals surface area (Å²) in [4.78, 5) is 12.5. The molecule has 1 aromatic rings. The minimum absolute atomic E-state index is 0.146. The Balaban J connectivity index is 2.23. The van der Waals surface area contributed by atoms with Crippen molar-refractivity contribution in [3.8, 4) is 0 Å². The van der Waals surface area contributed by atoms with Crippen molar-refractivity contribution in [1.29, 1.82) is 0 Å². The summed E-state index contributed by atoms with van der Waals surface area (Å²) >= 11 is 0. The highest BCUT2D eigenvalue weighted by Gasteiger charge is 2.26. The number of carboxylic acid groups (broad SMARTS) is 1. The van der Waals surface area contributed by atoms with Crippen LogP contribution in [0.15, 0.2) is 41.8 Å². The molecular formula is C15H20N2O4S. The highest BCUT2D eigenvalue weighted by Crippen LogP contribution is 2.23. The van der Waals surface area contributed by atoms with E-state index < -0.39 is 16.1 Å². The first-order valence-corrected chi connectivity index (χ1v) is 8.62. The molecule has 0 unspecified atom stereocenters. The summed E-state index contributed by atoms with van der Waals surface area (Å²) in [7, 11) is -3.49. The number of hydrogen-bond acceptors (Lipinski definition) is 3. The van der Waals surface area contributed by atoms with E-state index in [-0.39, 0.29) is 11.4 Å². The number of benzene rings is 1. The van der Waals surface area contributed by atoms with Crippen molar-refractivity contribution < 1.29 is 18.3 Å². The molecule has 7 heteroatoms. The van der Waals surface area contributed by atoms with Gasteiger partial charge in [0.2, 0.25) is 10.0 Å². The monoisotopic (exact) mass is 324 g/mol. The molecule has 1 amide bonds. The van der Waals surface area contributed by atoms with Gasteiger partial charge in [0.25, 0.3) is 0 Å². The lowest BCUT2D eigenvalue weighted by atomic mass is 10.2. The number of hydrogen-bond donors (Lipinski definition) is 1. The van der Waals surface area contributed by atoms with Crippen LogP contribution in [0.5, 0.6) is 0 Å². The van der Waals surface area contributed by atoms with Crippen LogP contribution in [0.2, 0.25) is 0 Å². The fraction of sp³-hybridized carbons (Fsp3) is 0.400. The van der Waals surface area contributed by atoms with Crippen molar-refractivity contribution in [3.63, 3.8) is 0 Å². The maximum absolute atomic E-state index is 12.5. The van der Waals surface area contributed by atoms with Crippen LogP contribution in [0, 0.1) is 0 Å². The van der Waals surface area contributed by atoms with E-state index in [0.29, 0.717) is 18.8 Å². The quantitative estimate of drug-likeness (QED) is 0.844. The van der Waals surface area contributed by atoms with Gasteiger partial charge in [-0.1, -0.05) is 12.5 Å². The zero-order chi connectivity index (χ0) is 16.2. The van der Waals surface area contributed by atoms with Crippen LogP contribution in [0.1, 0.15) is 19.3 Å². The molecule has 6 nitrogen and oxygen atoms in total. The van der Waals surface area contributed by atoms with Gasteiger partial charge >= 0.3 is 6.09 Å². The Bertz CT molecular complexity index is 634. The lowest BCUT2D eigenvalue weighted by molar-refractivity contribution is 0.202. The van der Waals surface area contributed by atoms with E-state index in [9.17, 15) is 13.2 Å². The number of nitrogens with zero attached hydrogens (tertiary/aromatic N) is 2. The molecule has 0 spiro atoms. The highest BCUT2D eigenvalue weighted by molar-refractivity contribution is 7.89. The van der Waals surface area contributed by atoms with Crippen LogP contribution >= 0.6 is 0 Å². The predicted molar refractivity (Wildman–Crippen MR) is 84.6 cm³/mol. The second kappa shape index (κ2) is 6.93. The van der Waals surface area contributed by atoms with E-state index in [1.54, 1.807) is 0 Å². The van der Waals surface area contributed by atoms with Crippen LogP contribution in [0.25, 0.3) is 0 Å². The van der Waals surface area contributed by atoms with Gasteiger partial charge in [0, 0.05) is 25.3 Å². The van der Waals surface area contributed by atoms with Crippen LogP contribution in [0.4, 0.5) is 10.5 Å². The Morgan fingerprint density at radius 2 is 1.82 bits per heavy atom. The van der Waals surface area contributed by atoms with Crippen molar-refractivity contribution in [1.82, 2.24) is 4.31 Å². The van der Waals surface area contributed by atoms with E-state index in [4.69, 9.17) is 5.11 Å². The van der Waals surface area contributed by atoms with Gasteiger partial charge in [-0.2, -0.15) is 4.31 Å². The first kappa shape index (κ1) is 16.5. The van der Waals surface area contributed by atoms with Gasteiger partial charge in [-0.3, -0.25) is 4.90 Å². The smallest absolute Gasteiger partial charge is 0.412 e. The molecule has 0 radical (unpaired) electrons. The topological polar surface area (TPSA) is 77.9 Å². The van der Waals surface area contributed by atoms with Crippen molar-refractivity contribution in [2.75, 3.05) is 24.5 Å². The SMILES string of the molecule is C=CCN(C(=O)O)c1ccc(S(=O)(=O)N2CCCCC2)cc1. The normalized spacial score (nSPS) is 16.2. The summed E-state index contributed by atoms with van der Waals surface area (Å²) < 4.78 is 26.5. The van der Waals surface area contributed by atoms with Gasteiger partial charge in [-0.15, -0.1) is 6.58 Å². The molecule has 0 saturated carbocycles. The first-order valence-electron chi connectivity index (χ1n) is 7.18. The average molecular weight is 324 g/mol. The predicted octanol–water partition coefficient (Wildman–Crippen LogP) is 2.53. The third-order valence-corrected chi connectivity index (χ3v) is 5.56. The van der Waals surface area contributed by atoms with Gasteiger partial charge in [0.05, 0.1) is 4.90 Å². The molecule has 0 aliphatic carbocycles. The fourth-order valence-electron chi connectivity index (χ4n) is 2.48. The molecule has 1 aromatic carbocycles. The number of anilines is 1. The molecular weight excluding hydrogens is 304 g/mol. The van der Waals surface area contributed by atoms with Crippen molar-refractivity contribution in [3.05, 3.63) is 36.9 Å². The van der Waals surface area contributed by atoms with Gasteiger partial charge < -0.3 is 5.11 Å². The molecule has 0 atom stereocenters. The Kier molecular flexibility index (Phi) is 5.20. The molecule has 1 saturated heterocycles. The molecule has 2 rings (SSSR count). The second-order valence-electron chi connectivity index (χ2n) is 5.14.